The van der Waals surface area contributed by atoms with Crippen LogP contribution in [0.4, 0.5) is 10.2 Å². The first-order valence-corrected chi connectivity index (χ1v) is 8.41. The van der Waals surface area contributed by atoms with Crippen LogP contribution in [0.25, 0.3) is 6.08 Å². The number of hydroxylamine groups is 1. The Kier molecular flexibility index (Phi) is 5.60. The molecule has 2 heterocycles. The molecule has 1 aliphatic heterocycles. The average molecular weight is 356 g/mol. The standard InChI is InChI=1S/C19H21FN4O2/c20-16-10-15(6-7-17(25)24-26)12-22-18(16)23-19(8-9-21-13-19)11-14-4-2-1-3-5-14/h1-7,10,12,21,26H,8-9,11,13H2,(H,22,23)(H,24,25)/b7-6+/t19-/m0/s1. The van der Waals surface area contributed by atoms with Crippen LogP contribution >= 0.6 is 0 Å². The molecule has 0 unspecified atom stereocenters. The number of carbonyl (C=O) groups excluding carboxylic acids is 1. The fraction of sp³-hybridized carbons (Fsp3) is 0.263. The Morgan fingerprint density at radius 1 is 1.38 bits per heavy atom. The van der Waals surface area contributed by atoms with Gasteiger partial charge >= 0.3 is 0 Å². The first-order valence-electron chi connectivity index (χ1n) is 8.41. The maximum Gasteiger partial charge on any atom is 0.267 e. The Morgan fingerprint density at radius 3 is 2.85 bits per heavy atom. The van der Waals surface area contributed by atoms with E-state index in [4.69, 9.17) is 5.21 Å². The first kappa shape index (κ1) is 18.0. The van der Waals surface area contributed by atoms with Gasteiger partial charge in [0, 0.05) is 18.8 Å². The molecule has 7 heteroatoms. The second-order valence-electron chi connectivity index (χ2n) is 6.40. The molecular formula is C19H21FN4O2. The van der Waals surface area contributed by atoms with Crippen LogP contribution in [0.1, 0.15) is 17.5 Å². The maximum absolute atomic E-state index is 14.5. The molecule has 3 rings (SSSR count). The molecule has 1 aromatic heterocycles. The van der Waals surface area contributed by atoms with Gasteiger partial charge in [-0.05, 0) is 42.7 Å². The number of rotatable bonds is 6. The summed E-state index contributed by atoms with van der Waals surface area (Å²) in [5, 5.41) is 15.1. The Bertz CT molecular complexity index is 789. The van der Waals surface area contributed by atoms with Crippen LogP contribution in [0.2, 0.25) is 0 Å². The lowest BCUT2D eigenvalue weighted by atomic mass is 9.89. The summed E-state index contributed by atoms with van der Waals surface area (Å²) in [6.07, 6.45) is 5.58. The predicted octanol–water partition coefficient (Wildman–Crippen LogP) is 2.13. The third-order valence-electron chi connectivity index (χ3n) is 4.41. The minimum Gasteiger partial charge on any atom is -0.361 e. The molecule has 1 aliphatic rings. The van der Waals surface area contributed by atoms with Crippen LogP contribution in [-0.2, 0) is 11.2 Å². The van der Waals surface area contributed by atoms with E-state index in [9.17, 15) is 9.18 Å². The van der Waals surface area contributed by atoms with Crippen molar-refractivity contribution in [3.63, 3.8) is 0 Å². The molecule has 1 amide bonds. The summed E-state index contributed by atoms with van der Waals surface area (Å²) in [6, 6.07) is 11.4. The van der Waals surface area contributed by atoms with Gasteiger partial charge in [-0.3, -0.25) is 10.0 Å². The molecule has 4 N–H and O–H groups in total. The van der Waals surface area contributed by atoms with E-state index in [1.54, 1.807) is 0 Å². The van der Waals surface area contributed by atoms with Gasteiger partial charge in [-0.2, -0.15) is 0 Å². The lowest BCUT2D eigenvalue weighted by Gasteiger charge is -2.30. The molecule has 0 aliphatic carbocycles. The van der Waals surface area contributed by atoms with Crippen molar-refractivity contribution in [2.24, 2.45) is 0 Å². The molecule has 0 radical (unpaired) electrons. The van der Waals surface area contributed by atoms with Crippen LogP contribution < -0.4 is 16.1 Å². The van der Waals surface area contributed by atoms with Crippen molar-refractivity contribution in [1.82, 2.24) is 15.8 Å². The molecule has 1 saturated heterocycles. The highest BCUT2D eigenvalue weighted by molar-refractivity contribution is 5.90. The minimum atomic E-state index is -0.688. The SMILES string of the molecule is O=C(/C=C/c1cnc(N[C@]2(Cc3ccccc3)CCNC2)c(F)c1)NO. The molecular weight excluding hydrogens is 335 g/mol. The number of pyridine rings is 1. The van der Waals surface area contributed by atoms with Gasteiger partial charge in [-0.1, -0.05) is 30.3 Å². The third-order valence-corrected chi connectivity index (χ3v) is 4.41. The molecule has 0 spiro atoms. The van der Waals surface area contributed by atoms with Crippen molar-refractivity contribution in [1.29, 1.82) is 0 Å². The lowest BCUT2D eigenvalue weighted by Crippen LogP contribution is -2.43. The average Bonchev–Trinajstić information content (AvgIpc) is 3.10. The van der Waals surface area contributed by atoms with E-state index in [-0.39, 0.29) is 11.4 Å². The number of amides is 1. The van der Waals surface area contributed by atoms with E-state index in [0.29, 0.717) is 5.56 Å². The fourth-order valence-corrected chi connectivity index (χ4v) is 3.13. The van der Waals surface area contributed by atoms with E-state index < -0.39 is 11.7 Å². The van der Waals surface area contributed by atoms with E-state index in [1.807, 2.05) is 18.2 Å². The quantitative estimate of drug-likeness (QED) is 0.362. The second-order valence-corrected chi connectivity index (χ2v) is 6.40. The van der Waals surface area contributed by atoms with E-state index in [1.165, 1.54) is 29.4 Å². The maximum atomic E-state index is 14.5. The number of benzene rings is 1. The largest absolute Gasteiger partial charge is 0.361 e. The van der Waals surface area contributed by atoms with Gasteiger partial charge in [0.15, 0.2) is 11.6 Å². The topological polar surface area (TPSA) is 86.3 Å². The highest BCUT2D eigenvalue weighted by atomic mass is 19.1. The number of hydrogen-bond donors (Lipinski definition) is 4. The molecule has 0 bridgehead atoms. The number of anilines is 1. The summed E-state index contributed by atoms with van der Waals surface area (Å²) < 4.78 is 14.5. The Hall–Kier alpha value is -2.77. The highest BCUT2D eigenvalue weighted by Gasteiger charge is 2.34. The number of nitrogens with zero attached hydrogens (tertiary/aromatic N) is 1. The predicted molar refractivity (Wildman–Crippen MR) is 97.1 cm³/mol. The summed E-state index contributed by atoms with van der Waals surface area (Å²) in [6.45, 7) is 1.58. The number of halogens is 1. The number of aromatic nitrogens is 1. The summed E-state index contributed by atoms with van der Waals surface area (Å²) in [5.74, 6) is -0.990. The number of carbonyl (C=O) groups is 1. The van der Waals surface area contributed by atoms with E-state index in [2.05, 4.69) is 27.8 Å². The summed E-state index contributed by atoms with van der Waals surface area (Å²) in [4.78, 5) is 15.2. The van der Waals surface area contributed by atoms with Crippen LogP contribution in [0, 0.1) is 5.82 Å². The van der Waals surface area contributed by atoms with Gasteiger partial charge in [-0.15, -0.1) is 0 Å². The Labute approximate surface area is 151 Å². The van der Waals surface area contributed by atoms with Crippen LogP contribution in [0.5, 0.6) is 0 Å². The lowest BCUT2D eigenvalue weighted by molar-refractivity contribution is -0.124. The monoisotopic (exact) mass is 356 g/mol. The third kappa shape index (κ3) is 4.44. The Balaban J connectivity index is 1.77. The zero-order valence-corrected chi connectivity index (χ0v) is 14.2. The van der Waals surface area contributed by atoms with Gasteiger partial charge < -0.3 is 10.6 Å². The van der Waals surface area contributed by atoms with Crippen LogP contribution in [0.15, 0.2) is 48.7 Å². The highest BCUT2D eigenvalue weighted by Crippen LogP contribution is 2.26. The molecule has 1 fully saturated rings. The molecule has 2 aromatic rings. The van der Waals surface area contributed by atoms with Crippen molar-refractivity contribution >= 4 is 17.8 Å². The van der Waals surface area contributed by atoms with Crippen molar-refractivity contribution in [2.75, 3.05) is 18.4 Å². The fourth-order valence-electron chi connectivity index (χ4n) is 3.13. The van der Waals surface area contributed by atoms with Crippen molar-refractivity contribution in [2.45, 2.75) is 18.4 Å². The van der Waals surface area contributed by atoms with Gasteiger partial charge in [0.25, 0.3) is 5.91 Å². The zero-order chi connectivity index (χ0) is 18.4. The van der Waals surface area contributed by atoms with Crippen molar-refractivity contribution < 1.29 is 14.4 Å². The Morgan fingerprint density at radius 2 is 2.19 bits per heavy atom. The summed E-state index contributed by atoms with van der Waals surface area (Å²) in [5.41, 5.74) is 2.78. The molecule has 1 aromatic carbocycles. The van der Waals surface area contributed by atoms with Gasteiger partial charge in [0.05, 0.1) is 5.54 Å². The second kappa shape index (κ2) is 8.07. The first-order chi connectivity index (χ1) is 12.6. The molecule has 6 nitrogen and oxygen atoms in total. The van der Waals surface area contributed by atoms with Gasteiger partial charge in [0.2, 0.25) is 0 Å². The van der Waals surface area contributed by atoms with E-state index >= 15 is 0 Å². The normalized spacial score (nSPS) is 19.6. The van der Waals surface area contributed by atoms with Crippen LogP contribution in [-0.4, -0.2) is 34.7 Å². The smallest absolute Gasteiger partial charge is 0.267 e. The number of hydrogen-bond acceptors (Lipinski definition) is 5. The van der Waals surface area contributed by atoms with Crippen molar-refractivity contribution in [3.05, 3.63) is 65.6 Å². The molecule has 0 saturated carbocycles. The molecule has 136 valence electrons. The number of nitrogens with one attached hydrogen (secondary N) is 3. The van der Waals surface area contributed by atoms with Crippen LogP contribution in [0.3, 0.4) is 0 Å². The van der Waals surface area contributed by atoms with Crippen molar-refractivity contribution in [3.8, 4) is 0 Å². The molecule has 1 atom stereocenters. The molecule has 26 heavy (non-hydrogen) atoms. The summed E-state index contributed by atoms with van der Waals surface area (Å²) in [7, 11) is 0. The van der Waals surface area contributed by atoms with Gasteiger partial charge in [-0.25, -0.2) is 14.9 Å². The van der Waals surface area contributed by atoms with Gasteiger partial charge in [0.1, 0.15) is 0 Å². The summed E-state index contributed by atoms with van der Waals surface area (Å²) >= 11 is 0. The van der Waals surface area contributed by atoms with E-state index in [0.717, 1.165) is 32.0 Å². The minimum absolute atomic E-state index is 0.188. The zero-order valence-electron chi connectivity index (χ0n) is 14.2.